The Morgan fingerprint density at radius 2 is 1.79 bits per heavy atom. The zero-order valence-corrected chi connectivity index (χ0v) is 19.4. The van der Waals surface area contributed by atoms with Gasteiger partial charge in [0, 0.05) is 49.7 Å². The maximum Gasteiger partial charge on any atom is 0.453 e. The molecule has 1 fully saturated rings. The van der Waals surface area contributed by atoms with Gasteiger partial charge in [-0.2, -0.15) is 18.2 Å². The number of carbonyl (C=O) groups is 1. The molecule has 1 saturated heterocycles. The number of alkyl halides is 3. The third kappa shape index (κ3) is 4.92. The number of rotatable bonds is 5. The highest BCUT2D eigenvalue weighted by Crippen LogP contribution is 2.27. The molecule has 0 unspecified atom stereocenters. The van der Waals surface area contributed by atoms with Crippen molar-refractivity contribution in [1.29, 1.82) is 0 Å². The van der Waals surface area contributed by atoms with Crippen LogP contribution >= 0.6 is 0 Å². The van der Waals surface area contributed by atoms with Crippen molar-refractivity contribution in [3.05, 3.63) is 47.0 Å². The molecule has 3 heterocycles. The molecule has 34 heavy (non-hydrogen) atoms. The van der Waals surface area contributed by atoms with E-state index >= 15 is 0 Å². The summed E-state index contributed by atoms with van der Waals surface area (Å²) in [5, 5.41) is 3.57. The van der Waals surface area contributed by atoms with E-state index in [1.165, 1.54) is 0 Å². The van der Waals surface area contributed by atoms with Gasteiger partial charge in [0.05, 0.1) is 7.11 Å². The molecule has 1 aromatic carbocycles. The molecular weight excluding hydrogens is 449 g/mol. The first-order chi connectivity index (χ1) is 16.2. The summed E-state index contributed by atoms with van der Waals surface area (Å²) in [5.41, 5.74) is 2.88. The Balaban J connectivity index is 1.41. The second-order valence-electron chi connectivity index (χ2n) is 8.33. The molecule has 0 bridgehead atoms. The minimum Gasteiger partial charge on any atom is -0.497 e. The van der Waals surface area contributed by atoms with Gasteiger partial charge in [0.2, 0.25) is 5.91 Å². The van der Waals surface area contributed by atoms with Crippen molar-refractivity contribution in [2.24, 2.45) is 0 Å². The SMILES string of the molecule is COc1ccc(N2CCCN(C(=O)CCc3c(C)nc4nc(C(F)(F)F)nn4c3C)CC2)cc1. The lowest BCUT2D eigenvalue weighted by Crippen LogP contribution is -2.35. The van der Waals surface area contributed by atoms with Crippen LogP contribution in [-0.4, -0.2) is 63.7 Å². The molecule has 182 valence electrons. The molecule has 0 saturated carbocycles. The van der Waals surface area contributed by atoms with E-state index in [1.807, 2.05) is 29.2 Å². The van der Waals surface area contributed by atoms with Gasteiger partial charge in [-0.05, 0) is 56.5 Å². The summed E-state index contributed by atoms with van der Waals surface area (Å²) < 4.78 is 45.3. The average molecular weight is 477 g/mol. The molecule has 1 aliphatic heterocycles. The second kappa shape index (κ2) is 9.47. The molecule has 2 aromatic heterocycles. The van der Waals surface area contributed by atoms with Crippen LogP contribution in [0.25, 0.3) is 5.78 Å². The third-order valence-corrected chi connectivity index (χ3v) is 6.18. The highest BCUT2D eigenvalue weighted by molar-refractivity contribution is 5.76. The van der Waals surface area contributed by atoms with Crippen LogP contribution in [0.5, 0.6) is 5.75 Å². The third-order valence-electron chi connectivity index (χ3n) is 6.18. The first kappa shape index (κ1) is 23.8. The Morgan fingerprint density at radius 3 is 2.47 bits per heavy atom. The standard InChI is InChI=1S/C23H27F3N6O2/c1-15-19(16(2)32-22(27-15)28-21(29-32)23(24,25)26)9-10-20(33)31-12-4-11-30(13-14-31)17-5-7-18(34-3)8-6-17/h5-8H,4,9-14H2,1-3H3. The van der Waals surface area contributed by atoms with Crippen LogP contribution in [0.1, 0.15) is 35.6 Å². The number of hydrogen-bond acceptors (Lipinski definition) is 6. The molecule has 8 nitrogen and oxygen atoms in total. The molecule has 1 amide bonds. The van der Waals surface area contributed by atoms with Crippen molar-refractivity contribution in [3.8, 4) is 5.75 Å². The summed E-state index contributed by atoms with van der Waals surface area (Å²) in [4.78, 5) is 24.7. The predicted octanol–water partition coefficient (Wildman–Crippen LogP) is 3.44. The maximum atomic E-state index is 13.0. The van der Waals surface area contributed by atoms with E-state index in [0.29, 0.717) is 36.5 Å². The molecule has 0 spiro atoms. The van der Waals surface area contributed by atoms with Crippen LogP contribution in [0.2, 0.25) is 0 Å². The second-order valence-corrected chi connectivity index (χ2v) is 8.33. The molecule has 0 aliphatic carbocycles. The molecule has 1 aliphatic rings. The lowest BCUT2D eigenvalue weighted by atomic mass is 10.1. The molecule has 4 rings (SSSR count). The number of ether oxygens (including phenoxy) is 1. The van der Waals surface area contributed by atoms with Gasteiger partial charge in [0.15, 0.2) is 0 Å². The maximum absolute atomic E-state index is 13.0. The highest BCUT2D eigenvalue weighted by atomic mass is 19.4. The molecule has 3 aromatic rings. The number of hydrogen-bond donors (Lipinski definition) is 0. The normalized spacial score (nSPS) is 15.0. The zero-order valence-electron chi connectivity index (χ0n) is 19.4. The lowest BCUT2D eigenvalue weighted by molar-refractivity contribution is -0.144. The minimum absolute atomic E-state index is 0.0186. The number of aryl methyl sites for hydroxylation is 2. The molecule has 11 heteroatoms. The number of amides is 1. The number of methoxy groups -OCH3 is 1. The fourth-order valence-corrected chi connectivity index (χ4v) is 4.30. The van der Waals surface area contributed by atoms with Gasteiger partial charge in [0.25, 0.3) is 11.6 Å². The highest BCUT2D eigenvalue weighted by Gasteiger charge is 2.37. The zero-order chi connectivity index (χ0) is 24.5. The van der Waals surface area contributed by atoms with Crippen LogP contribution in [-0.2, 0) is 17.4 Å². The Kier molecular flexibility index (Phi) is 6.63. The van der Waals surface area contributed by atoms with Gasteiger partial charge in [-0.3, -0.25) is 4.79 Å². The summed E-state index contributed by atoms with van der Waals surface area (Å²) in [6.45, 7) is 6.24. The van der Waals surface area contributed by atoms with Crippen molar-refractivity contribution >= 4 is 17.4 Å². The van der Waals surface area contributed by atoms with Crippen molar-refractivity contribution < 1.29 is 22.7 Å². The predicted molar refractivity (Wildman–Crippen MR) is 120 cm³/mol. The van der Waals surface area contributed by atoms with Crippen molar-refractivity contribution in [2.45, 2.75) is 39.3 Å². The Labute approximate surface area is 195 Å². The van der Waals surface area contributed by atoms with E-state index in [-0.39, 0.29) is 18.1 Å². The number of anilines is 1. The Morgan fingerprint density at radius 1 is 1.06 bits per heavy atom. The minimum atomic E-state index is -4.64. The summed E-state index contributed by atoms with van der Waals surface area (Å²) in [6.07, 6.45) is -3.17. The van der Waals surface area contributed by atoms with Crippen LogP contribution in [0, 0.1) is 13.8 Å². The monoisotopic (exact) mass is 476 g/mol. The van der Waals surface area contributed by atoms with Crippen molar-refractivity contribution in [1.82, 2.24) is 24.5 Å². The van der Waals surface area contributed by atoms with Crippen LogP contribution < -0.4 is 9.64 Å². The van der Waals surface area contributed by atoms with Crippen LogP contribution in [0.15, 0.2) is 24.3 Å². The fraction of sp³-hybridized carbons (Fsp3) is 0.478. The summed E-state index contributed by atoms with van der Waals surface area (Å²) in [6, 6.07) is 7.87. The van der Waals surface area contributed by atoms with Gasteiger partial charge in [-0.25, -0.2) is 9.50 Å². The Hall–Kier alpha value is -3.37. The number of nitrogens with zero attached hydrogens (tertiary/aromatic N) is 6. The van der Waals surface area contributed by atoms with Gasteiger partial charge in [-0.15, -0.1) is 5.10 Å². The summed E-state index contributed by atoms with van der Waals surface area (Å²) in [7, 11) is 1.63. The Bertz CT molecular complexity index is 1180. The van der Waals surface area contributed by atoms with Gasteiger partial charge >= 0.3 is 6.18 Å². The average Bonchev–Trinajstić information content (AvgIpc) is 3.09. The van der Waals surface area contributed by atoms with Crippen LogP contribution in [0.3, 0.4) is 0 Å². The lowest BCUT2D eigenvalue weighted by Gasteiger charge is -2.24. The van der Waals surface area contributed by atoms with Gasteiger partial charge in [0.1, 0.15) is 5.75 Å². The van der Waals surface area contributed by atoms with Crippen LogP contribution in [0.4, 0.5) is 18.9 Å². The molecule has 0 atom stereocenters. The van der Waals surface area contributed by atoms with Gasteiger partial charge in [-0.1, -0.05) is 0 Å². The van der Waals surface area contributed by atoms with E-state index < -0.39 is 12.0 Å². The van der Waals surface area contributed by atoms with Crippen molar-refractivity contribution in [2.75, 3.05) is 38.2 Å². The van der Waals surface area contributed by atoms with Crippen molar-refractivity contribution in [3.63, 3.8) is 0 Å². The molecular formula is C23H27F3N6O2. The summed E-state index contributed by atoms with van der Waals surface area (Å²) in [5.74, 6) is -0.496. The fourth-order valence-electron chi connectivity index (χ4n) is 4.30. The first-order valence-electron chi connectivity index (χ1n) is 11.1. The van der Waals surface area contributed by atoms with E-state index in [4.69, 9.17) is 4.74 Å². The number of halogens is 3. The number of aromatic nitrogens is 4. The van der Waals surface area contributed by atoms with E-state index in [0.717, 1.165) is 35.5 Å². The first-order valence-corrected chi connectivity index (χ1v) is 11.1. The van der Waals surface area contributed by atoms with E-state index in [2.05, 4.69) is 20.0 Å². The molecule has 0 N–H and O–H groups in total. The smallest absolute Gasteiger partial charge is 0.453 e. The quantitative estimate of drug-likeness (QED) is 0.562. The molecule has 0 radical (unpaired) electrons. The number of carbonyl (C=O) groups excluding carboxylic acids is 1. The topological polar surface area (TPSA) is 75.9 Å². The van der Waals surface area contributed by atoms with Gasteiger partial charge < -0.3 is 14.5 Å². The largest absolute Gasteiger partial charge is 0.497 e. The summed E-state index contributed by atoms with van der Waals surface area (Å²) >= 11 is 0. The number of benzene rings is 1. The van der Waals surface area contributed by atoms with E-state index in [1.54, 1.807) is 21.0 Å². The number of fused-ring (bicyclic) bond motifs is 1. The van der Waals surface area contributed by atoms with E-state index in [9.17, 15) is 18.0 Å².